The zero-order valence-electron chi connectivity index (χ0n) is 8.70. The van der Waals surface area contributed by atoms with Crippen molar-refractivity contribution in [3.05, 3.63) is 36.0 Å². The maximum Gasteiger partial charge on any atom is 0.259 e. The predicted octanol–water partition coefficient (Wildman–Crippen LogP) is 1.40. The second-order valence-electron chi connectivity index (χ2n) is 3.28. The van der Waals surface area contributed by atoms with E-state index < -0.39 is 0 Å². The van der Waals surface area contributed by atoms with E-state index in [0.29, 0.717) is 10.7 Å². The number of thiocarbonyl (C=S) groups is 1. The van der Waals surface area contributed by atoms with Crippen LogP contribution in [0.15, 0.2) is 30.5 Å². The van der Waals surface area contributed by atoms with Gasteiger partial charge in [-0.3, -0.25) is 10.1 Å². The van der Waals surface area contributed by atoms with Crippen LogP contribution < -0.4 is 10.6 Å². The molecule has 0 radical (unpaired) electrons. The number of carbonyl (C=O) groups excluding carboxylic acids is 1. The minimum Gasteiger partial charge on any atom is -0.365 e. The van der Waals surface area contributed by atoms with Gasteiger partial charge in [0, 0.05) is 24.1 Å². The van der Waals surface area contributed by atoms with E-state index >= 15 is 0 Å². The number of benzene rings is 1. The van der Waals surface area contributed by atoms with Gasteiger partial charge >= 0.3 is 0 Å². The quantitative estimate of drug-likeness (QED) is 0.653. The van der Waals surface area contributed by atoms with Crippen LogP contribution in [0.3, 0.4) is 0 Å². The van der Waals surface area contributed by atoms with E-state index in [0.717, 1.165) is 10.9 Å². The fourth-order valence-electron chi connectivity index (χ4n) is 1.49. The van der Waals surface area contributed by atoms with Crippen LogP contribution in [-0.2, 0) is 0 Å². The summed E-state index contributed by atoms with van der Waals surface area (Å²) in [4.78, 5) is 14.9. The monoisotopic (exact) mass is 233 g/mol. The lowest BCUT2D eigenvalue weighted by molar-refractivity contribution is 0.0978. The lowest BCUT2D eigenvalue weighted by Gasteiger charge is -2.04. The maximum atomic E-state index is 11.8. The smallest absolute Gasteiger partial charge is 0.259 e. The molecule has 1 aromatic carbocycles. The Morgan fingerprint density at radius 1 is 1.38 bits per heavy atom. The topological polar surface area (TPSA) is 56.9 Å². The molecule has 5 heteroatoms. The van der Waals surface area contributed by atoms with Gasteiger partial charge in [-0.1, -0.05) is 18.2 Å². The van der Waals surface area contributed by atoms with Gasteiger partial charge in [0.2, 0.25) is 0 Å². The van der Waals surface area contributed by atoms with Crippen molar-refractivity contribution in [1.29, 1.82) is 0 Å². The molecule has 2 aromatic rings. The highest BCUT2D eigenvalue weighted by Gasteiger charge is 2.11. The molecule has 0 aliphatic heterocycles. The minimum absolute atomic E-state index is 0.211. The summed E-state index contributed by atoms with van der Waals surface area (Å²) < 4.78 is 0. The number of carbonyl (C=O) groups is 1. The third kappa shape index (κ3) is 1.90. The Labute approximate surface area is 98.0 Å². The summed E-state index contributed by atoms with van der Waals surface area (Å²) in [6, 6.07) is 7.62. The SMILES string of the molecule is CNC(=S)NC(=O)c1c[nH]c2ccccc12. The molecule has 0 atom stereocenters. The van der Waals surface area contributed by atoms with Crippen LogP contribution in [0.4, 0.5) is 0 Å². The first-order valence-electron chi connectivity index (χ1n) is 4.81. The van der Waals surface area contributed by atoms with Crippen molar-refractivity contribution in [1.82, 2.24) is 15.6 Å². The largest absolute Gasteiger partial charge is 0.365 e. The van der Waals surface area contributed by atoms with Crippen molar-refractivity contribution in [2.24, 2.45) is 0 Å². The molecule has 4 nitrogen and oxygen atoms in total. The molecule has 0 unspecified atom stereocenters. The standard InChI is InChI=1S/C11H11N3OS/c1-12-11(16)14-10(15)8-6-13-9-5-3-2-4-7(8)9/h2-6,13H,1H3,(H2,12,14,15,16). The average Bonchev–Trinajstić information content (AvgIpc) is 2.72. The van der Waals surface area contributed by atoms with E-state index in [2.05, 4.69) is 15.6 Å². The molecule has 82 valence electrons. The molecular weight excluding hydrogens is 222 g/mol. The average molecular weight is 233 g/mol. The number of amides is 1. The van der Waals surface area contributed by atoms with Gasteiger partial charge in [0.25, 0.3) is 5.91 Å². The molecule has 0 spiro atoms. The molecule has 0 bridgehead atoms. The van der Waals surface area contributed by atoms with E-state index in [1.54, 1.807) is 13.2 Å². The van der Waals surface area contributed by atoms with Crippen LogP contribution in [0.2, 0.25) is 0 Å². The first-order valence-corrected chi connectivity index (χ1v) is 5.22. The summed E-state index contributed by atoms with van der Waals surface area (Å²) in [7, 11) is 1.66. The highest BCUT2D eigenvalue weighted by atomic mass is 32.1. The van der Waals surface area contributed by atoms with Gasteiger partial charge in [-0.25, -0.2) is 0 Å². The number of rotatable bonds is 1. The van der Waals surface area contributed by atoms with E-state index in [4.69, 9.17) is 12.2 Å². The van der Waals surface area contributed by atoms with Gasteiger partial charge in [-0.15, -0.1) is 0 Å². The Bertz CT molecular complexity index is 547. The van der Waals surface area contributed by atoms with E-state index in [9.17, 15) is 4.79 Å². The van der Waals surface area contributed by atoms with Gasteiger partial charge in [0.15, 0.2) is 5.11 Å². The number of aromatic amines is 1. The summed E-state index contributed by atoms with van der Waals surface area (Å²) in [5.74, 6) is -0.211. The number of hydrogen-bond donors (Lipinski definition) is 3. The maximum absolute atomic E-state index is 11.8. The summed E-state index contributed by atoms with van der Waals surface area (Å²) in [6.45, 7) is 0. The number of nitrogens with one attached hydrogen (secondary N) is 3. The zero-order valence-corrected chi connectivity index (χ0v) is 9.52. The van der Waals surface area contributed by atoms with E-state index in [-0.39, 0.29) is 5.91 Å². The summed E-state index contributed by atoms with van der Waals surface area (Å²) in [6.07, 6.45) is 1.68. The zero-order chi connectivity index (χ0) is 11.5. The Morgan fingerprint density at radius 3 is 2.88 bits per heavy atom. The molecule has 16 heavy (non-hydrogen) atoms. The first-order chi connectivity index (χ1) is 7.72. The second-order valence-corrected chi connectivity index (χ2v) is 3.69. The molecule has 0 fully saturated rings. The van der Waals surface area contributed by atoms with Crippen LogP contribution in [0.25, 0.3) is 10.9 Å². The molecule has 3 N–H and O–H groups in total. The van der Waals surface area contributed by atoms with Crippen molar-refractivity contribution in [3.8, 4) is 0 Å². The molecule has 1 heterocycles. The first kappa shape index (κ1) is 10.6. The van der Waals surface area contributed by atoms with Crippen molar-refractivity contribution in [3.63, 3.8) is 0 Å². The number of para-hydroxylation sites is 1. The number of H-pyrrole nitrogens is 1. The number of aromatic nitrogens is 1. The van der Waals surface area contributed by atoms with Gasteiger partial charge in [0.05, 0.1) is 5.56 Å². The van der Waals surface area contributed by atoms with Crippen LogP contribution in [0.1, 0.15) is 10.4 Å². The lowest BCUT2D eigenvalue weighted by atomic mass is 10.2. The molecule has 1 amide bonds. The van der Waals surface area contributed by atoms with Crippen molar-refractivity contribution in [2.45, 2.75) is 0 Å². The summed E-state index contributed by atoms with van der Waals surface area (Å²) >= 11 is 4.87. The molecule has 1 aromatic heterocycles. The van der Waals surface area contributed by atoms with Gasteiger partial charge in [0.1, 0.15) is 0 Å². The molecule has 0 saturated heterocycles. The fourth-order valence-corrected chi connectivity index (χ4v) is 1.59. The fraction of sp³-hybridized carbons (Fsp3) is 0.0909. The molecule has 0 aliphatic rings. The van der Waals surface area contributed by atoms with E-state index in [1.807, 2.05) is 24.3 Å². The van der Waals surface area contributed by atoms with Gasteiger partial charge in [-0.05, 0) is 18.3 Å². The molecular formula is C11H11N3OS. The second kappa shape index (κ2) is 4.32. The summed E-state index contributed by atoms with van der Waals surface area (Å²) in [5, 5.41) is 6.48. The van der Waals surface area contributed by atoms with Crippen LogP contribution in [0, 0.1) is 0 Å². The van der Waals surface area contributed by atoms with Crippen LogP contribution >= 0.6 is 12.2 Å². The van der Waals surface area contributed by atoms with Crippen molar-refractivity contribution >= 4 is 34.1 Å². The van der Waals surface area contributed by atoms with Crippen molar-refractivity contribution in [2.75, 3.05) is 7.05 Å². The normalized spacial score (nSPS) is 10.1. The molecule has 2 rings (SSSR count). The third-order valence-corrected chi connectivity index (χ3v) is 2.59. The lowest BCUT2D eigenvalue weighted by Crippen LogP contribution is -2.37. The molecule has 0 aliphatic carbocycles. The van der Waals surface area contributed by atoms with Gasteiger partial charge < -0.3 is 10.3 Å². The Hall–Kier alpha value is -1.88. The molecule has 0 saturated carbocycles. The Kier molecular flexibility index (Phi) is 2.87. The number of fused-ring (bicyclic) bond motifs is 1. The predicted molar refractivity (Wildman–Crippen MR) is 67.4 cm³/mol. The van der Waals surface area contributed by atoms with Gasteiger partial charge in [-0.2, -0.15) is 0 Å². The summed E-state index contributed by atoms with van der Waals surface area (Å²) in [5.41, 5.74) is 1.52. The number of hydrogen-bond acceptors (Lipinski definition) is 2. The van der Waals surface area contributed by atoms with E-state index in [1.165, 1.54) is 0 Å². The Morgan fingerprint density at radius 2 is 2.12 bits per heavy atom. The highest BCUT2D eigenvalue weighted by molar-refractivity contribution is 7.80. The minimum atomic E-state index is -0.211. The van der Waals surface area contributed by atoms with Crippen LogP contribution in [0.5, 0.6) is 0 Å². The highest BCUT2D eigenvalue weighted by Crippen LogP contribution is 2.17. The van der Waals surface area contributed by atoms with Crippen molar-refractivity contribution < 1.29 is 4.79 Å². The van der Waals surface area contributed by atoms with Crippen LogP contribution in [-0.4, -0.2) is 23.1 Å². The Balaban J connectivity index is 2.33. The third-order valence-electron chi connectivity index (χ3n) is 2.29.